The molecule has 0 amide bonds. The molecule has 0 radical (unpaired) electrons. The molecular weight excluding hydrogens is 329 g/mol. The summed E-state index contributed by atoms with van der Waals surface area (Å²) in [7, 11) is 1.51. The van der Waals surface area contributed by atoms with Gasteiger partial charge in [-0.1, -0.05) is 0 Å². The van der Waals surface area contributed by atoms with Crippen molar-refractivity contribution in [3.63, 3.8) is 0 Å². The molecule has 1 N–H and O–H groups in total. The molecule has 0 unspecified atom stereocenters. The van der Waals surface area contributed by atoms with Gasteiger partial charge in [-0.05, 0) is 41.1 Å². The van der Waals surface area contributed by atoms with Gasteiger partial charge in [-0.3, -0.25) is 0 Å². The van der Waals surface area contributed by atoms with Crippen molar-refractivity contribution in [2.24, 2.45) is 0 Å². The number of rotatable bonds is 5. The van der Waals surface area contributed by atoms with E-state index in [0.717, 1.165) is 0 Å². The molecule has 106 valence electrons. The molecule has 1 heterocycles. The minimum absolute atomic E-state index is 0.255. The molecule has 0 saturated carbocycles. The average Bonchev–Trinajstić information content (AvgIpc) is 2.42. The van der Waals surface area contributed by atoms with Crippen LogP contribution in [0.3, 0.4) is 0 Å². The van der Waals surface area contributed by atoms with E-state index >= 15 is 0 Å². The van der Waals surface area contributed by atoms with Gasteiger partial charge in [0, 0.05) is 6.54 Å². The Morgan fingerprint density at radius 1 is 1.35 bits per heavy atom. The van der Waals surface area contributed by atoms with Crippen molar-refractivity contribution < 1.29 is 13.9 Å². The first-order chi connectivity index (χ1) is 9.65. The van der Waals surface area contributed by atoms with Gasteiger partial charge in [0.25, 0.3) is 5.88 Å². The van der Waals surface area contributed by atoms with Gasteiger partial charge < -0.3 is 14.8 Å². The Kier molecular flexibility index (Phi) is 4.73. The van der Waals surface area contributed by atoms with Crippen LogP contribution in [0.1, 0.15) is 6.92 Å². The number of anilines is 1. The highest BCUT2D eigenvalue weighted by atomic mass is 79.9. The van der Waals surface area contributed by atoms with Crippen LogP contribution in [0.25, 0.3) is 0 Å². The zero-order valence-electron chi connectivity index (χ0n) is 11.0. The van der Waals surface area contributed by atoms with Gasteiger partial charge in [0.15, 0.2) is 5.82 Å². The van der Waals surface area contributed by atoms with Crippen LogP contribution in [0, 0.1) is 5.82 Å². The Bertz CT molecular complexity index is 610. The van der Waals surface area contributed by atoms with E-state index in [1.807, 2.05) is 6.92 Å². The second-order valence-corrected chi connectivity index (χ2v) is 4.62. The predicted octanol–water partition coefficient (Wildman–Crippen LogP) is 3.61. The summed E-state index contributed by atoms with van der Waals surface area (Å²) in [6, 6.07) is 4.13. The van der Waals surface area contributed by atoms with Gasteiger partial charge in [-0.2, -0.15) is 4.98 Å². The van der Waals surface area contributed by atoms with E-state index < -0.39 is 0 Å². The molecule has 0 bridgehead atoms. The molecule has 1 aromatic carbocycles. The molecule has 1 aromatic heterocycles. The Balaban J connectivity index is 2.35. The SMILES string of the molecule is CCNc1ncnc(Oc2ccc(F)cc2Br)c1OC. The summed E-state index contributed by atoms with van der Waals surface area (Å²) in [5.74, 6) is 1.27. The zero-order chi connectivity index (χ0) is 14.5. The Morgan fingerprint density at radius 3 is 2.80 bits per heavy atom. The molecule has 0 fully saturated rings. The van der Waals surface area contributed by atoms with Gasteiger partial charge in [0.1, 0.15) is 17.9 Å². The fraction of sp³-hybridized carbons (Fsp3) is 0.231. The summed E-state index contributed by atoms with van der Waals surface area (Å²) in [6.07, 6.45) is 1.37. The van der Waals surface area contributed by atoms with E-state index in [-0.39, 0.29) is 11.7 Å². The summed E-state index contributed by atoms with van der Waals surface area (Å²) >= 11 is 3.24. The largest absolute Gasteiger partial charge is 0.489 e. The van der Waals surface area contributed by atoms with Crippen molar-refractivity contribution in [1.82, 2.24) is 9.97 Å². The normalized spacial score (nSPS) is 10.2. The maximum Gasteiger partial charge on any atom is 0.268 e. The number of hydrogen-bond donors (Lipinski definition) is 1. The van der Waals surface area contributed by atoms with Crippen molar-refractivity contribution in [3.05, 3.63) is 34.8 Å². The molecule has 0 aliphatic carbocycles. The lowest BCUT2D eigenvalue weighted by Gasteiger charge is -2.13. The number of ether oxygens (including phenoxy) is 2. The number of halogens is 2. The Morgan fingerprint density at radius 2 is 2.15 bits per heavy atom. The third-order valence-electron chi connectivity index (χ3n) is 2.42. The van der Waals surface area contributed by atoms with Gasteiger partial charge in [-0.15, -0.1) is 0 Å². The van der Waals surface area contributed by atoms with E-state index in [2.05, 4.69) is 31.2 Å². The third-order valence-corrected chi connectivity index (χ3v) is 3.04. The lowest BCUT2D eigenvalue weighted by molar-refractivity contribution is 0.368. The van der Waals surface area contributed by atoms with Gasteiger partial charge in [0.2, 0.25) is 5.75 Å². The van der Waals surface area contributed by atoms with E-state index in [9.17, 15) is 4.39 Å². The molecule has 7 heteroatoms. The minimum atomic E-state index is -0.354. The highest BCUT2D eigenvalue weighted by Crippen LogP contribution is 2.36. The van der Waals surface area contributed by atoms with Crippen molar-refractivity contribution in [3.8, 4) is 17.4 Å². The number of hydrogen-bond acceptors (Lipinski definition) is 5. The van der Waals surface area contributed by atoms with Crippen LogP contribution in [-0.4, -0.2) is 23.6 Å². The van der Waals surface area contributed by atoms with Gasteiger partial charge >= 0.3 is 0 Å². The second kappa shape index (κ2) is 6.51. The number of nitrogens with zero attached hydrogens (tertiary/aromatic N) is 2. The van der Waals surface area contributed by atoms with Crippen molar-refractivity contribution in [2.45, 2.75) is 6.92 Å². The fourth-order valence-corrected chi connectivity index (χ4v) is 2.00. The summed E-state index contributed by atoms with van der Waals surface area (Å²) in [6.45, 7) is 2.63. The standard InChI is InChI=1S/C13H13BrFN3O2/c1-3-16-12-11(19-2)13(18-7-17-12)20-10-5-4-8(15)6-9(10)14/h4-7H,3H2,1-2H3,(H,16,17,18). The fourth-order valence-electron chi connectivity index (χ4n) is 1.57. The van der Waals surface area contributed by atoms with Crippen LogP contribution in [0.5, 0.6) is 17.4 Å². The summed E-state index contributed by atoms with van der Waals surface area (Å²) in [4.78, 5) is 8.12. The highest BCUT2D eigenvalue weighted by molar-refractivity contribution is 9.10. The Hall–Kier alpha value is -1.89. The van der Waals surface area contributed by atoms with E-state index in [4.69, 9.17) is 9.47 Å². The molecule has 0 aliphatic rings. The molecule has 20 heavy (non-hydrogen) atoms. The molecule has 2 aromatic rings. The molecule has 0 spiro atoms. The van der Waals surface area contributed by atoms with E-state index in [1.165, 1.54) is 31.6 Å². The zero-order valence-corrected chi connectivity index (χ0v) is 12.6. The van der Waals surface area contributed by atoms with Crippen LogP contribution >= 0.6 is 15.9 Å². The van der Waals surface area contributed by atoms with Crippen LogP contribution in [0.2, 0.25) is 0 Å². The number of nitrogens with one attached hydrogen (secondary N) is 1. The minimum Gasteiger partial charge on any atom is -0.489 e. The molecule has 0 atom stereocenters. The lowest BCUT2D eigenvalue weighted by atomic mass is 10.3. The molecule has 0 saturated heterocycles. The summed E-state index contributed by atoms with van der Waals surface area (Å²) in [5.41, 5.74) is 0. The first-order valence-electron chi connectivity index (χ1n) is 5.91. The van der Waals surface area contributed by atoms with Crippen LogP contribution < -0.4 is 14.8 Å². The predicted molar refractivity (Wildman–Crippen MR) is 76.9 cm³/mol. The summed E-state index contributed by atoms with van der Waals surface area (Å²) in [5, 5.41) is 3.05. The van der Waals surface area contributed by atoms with Crippen LogP contribution in [-0.2, 0) is 0 Å². The van der Waals surface area contributed by atoms with Gasteiger partial charge in [0.05, 0.1) is 11.6 Å². The smallest absolute Gasteiger partial charge is 0.268 e. The van der Waals surface area contributed by atoms with Crippen LogP contribution in [0.15, 0.2) is 29.0 Å². The summed E-state index contributed by atoms with van der Waals surface area (Å²) < 4.78 is 24.4. The van der Waals surface area contributed by atoms with Crippen molar-refractivity contribution in [1.29, 1.82) is 0 Å². The van der Waals surface area contributed by atoms with Crippen molar-refractivity contribution in [2.75, 3.05) is 19.0 Å². The Labute approximate surface area is 124 Å². The molecule has 5 nitrogen and oxygen atoms in total. The highest BCUT2D eigenvalue weighted by Gasteiger charge is 2.15. The third kappa shape index (κ3) is 3.16. The van der Waals surface area contributed by atoms with E-state index in [1.54, 1.807) is 0 Å². The van der Waals surface area contributed by atoms with Crippen LogP contribution in [0.4, 0.5) is 10.2 Å². The maximum absolute atomic E-state index is 13.1. The van der Waals surface area contributed by atoms with Crippen molar-refractivity contribution >= 4 is 21.7 Å². The second-order valence-electron chi connectivity index (χ2n) is 3.77. The monoisotopic (exact) mass is 341 g/mol. The van der Waals surface area contributed by atoms with Gasteiger partial charge in [-0.25, -0.2) is 9.37 Å². The number of aromatic nitrogens is 2. The lowest BCUT2D eigenvalue weighted by Crippen LogP contribution is -2.04. The quantitative estimate of drug-likeness (QED) is 0.900. The average molecular weight is 342 g/mol. The molecule has 2 rings (SSSR count). The first kappa shape index (κ1) is 14.5. The topological polar surface area (TPSA) is 56.3 Å². The number of benzene rings is 1. The molecular formula is C13H13BrFN3O2. The van der Waals surface area contributed by atoms with E-state index in [0.29, 0.717) is 28.3 Å². The first-order valence-corrected chi connectivity index (χ1v) is 6.70. The molecule has 0 aliphatic heterocycles. The number of methoxy groups -OCH3 is 1. The maximum atomic E-state index is 13.1.